The van der Waals surface area contributed by atoms with Crippen molar-refractivity contribution in [3.63, 3.8) is 0 Å². The van der Waals surface area contributed by atoms with Crippen molar-refractivity contribution >= 4 is 0 Å². The van der Waals surface area contributed by atoms with E-state index in [2.05, 4.69) is 16.7 Å². The molecule has 0 spiro atoms. The van der Waals surface area contributed by atoms with Gasteiger partial charge in [0, 0.05) is 32.7 Å². The second kappa shape index (κ2) is 7.43. The molecule has 2 fully saturated rings. The summed E-state index contributed by atoms with van der Waals surface area (Å²) in [6.07, 6.45) is 5.04. The van der Waals surface area contributed by atoms with E-state index in [-0.39, 0.29) is 6.10 Å². The van der Waals surface area contributed by atoms with Crippen LogP contribution in [0, 0.1) is 0 Å². The molecule has 1 aliphatic carbocycles. The fourth-order valence-electron chi connectivity index (χ4n) is 2.94. The predicted molar refractivity (Wildman–Crippen MR) is 72.8 cm³/mol. The predicted octanol–water partition coefficient (Wildman–Crippen LogP) is 0.944. The Labute approximate surface area is 111 Å². The van der Waals surface area contributed by atoms with Crippen molar-refractivity contribution in [2.24, 2.45) is 0 Å². The summed E-state index contributed by atoms with van der Waals surface area (Å²) in [6.45, 7) is 9.05. The van der Waals surface area contributed by atoms with Crippen molar-refractivity contribution in [3.05, 3.63) is 0 Å². The molecule has 1 aliphatic heterocycles. The fourth-order valence-corrected chi connectivity index (χ4v) is 2.94. The molecule has 1 N–H and O–H groups in total. The number of β-amino-alcohol motifs (C(OH)–C–C–N with tert-alkyl or cyclic N) is 1. The van der Waals surface area contributed by atoms with Gasteiger partial charge < -0.3 is 14.7 Å². The summed E-state index contributed by atoms with van der Waals surface area (Å²) < 4.78 is 5.76. The van der Waals surface area contributed by atoms with E-state index in [1.807, 2.05) is 0 Å². The van der Waals surface area contributed by atoms with Gasteiger partial charge in [0.1, 0.15) is 0 Å². The third-order valence-electron chi connectivity index (χ3n) is 4.21. The maximum absolute atomic E-state index is 10.0. The number of aliphatic hydroxyl groups is 1. The van der Waals surface area contributed by atoms with Crippen molar-refractivity contribution in [2.45, 2.75) is 44.8 Å². The molecule has 1 saturated heterocycles. The third kappa shape index (κ3) is 4.50. The Morgan fingerprint density at radius 1 is 1.11 bits per heavy atom. The minimum absolute atomic E-state index is 0.321. The number of piperazine rings is 1. The topological polar surface area (TPSA) is 35.9 Å². The van der Waals surface area contributed by atoms with Crippen LogP contribution in [-0.2, 0) is 4.74 Å². The zero-order valence-corrected chi connectivity index (χ0v) is 11.7. The number of likely N-dealkylation sites (N-methyl/N-ethyl adjacent to an activating group) is 1. The van der Waals surface area contributed by atoms with Crippen LogP contribution < -0.4 is 0 Å². The summed E-state index contributed by atoms with van der Waals surface area (Å²) in [7, 11) is 0. The van der Waals surface area contributed by atoms with E-state index in [1.54, 1.807) is 0 Å². The maximum Gasteiger partial charge on any atom is 0.0900 e. The molecule has 4 nitrogen and oxygen atoms in total. The molecule has 0 aromatic carbocycles. The lowest BCUT2D eigenvalue weighted by Gasteiger charge is -2.35. The first-order valence-electron chi connectivity index (χ1n) is 7.52. The van der Waals surface area contributed by atoms with Gasteiger partial charge in [-0.3, -0.25) is 4.90 Å². The Hall–Kier alpha value is -0.160. The van der Waals surface area contributed by atoms with Gasteiger partial charge in [-0.25, -0.2) is 0 Å². The second-order valence-electron chi connectivity index (χ2n) is 5.63. The molecule has 1 saturated carbocycles. The first-order valence-corrected chi connectivity index (χ1v) is 7.52. The molecule has 0 unspecified atom stereocenters. The Morgan fingerprint density at radius 3 is 2.33 bits per heavy atom. The number of nitrogens with zero attached hydrogens (tertiary/aromatic N) is 2. The average Bonchev–Trinajstić information content (AvgIpc) is 2.90. The highest BCUT2D eigenvalue weighted by Gasteiger charge is 2.20. The molecule has 1 atom stereocenters. The molecule has 0 aromatic rings. The van der Waals surface area contributed by atoms with Crippen LogP contribution in [0.15, 0.2) is 0 Å². The molecule has 0 radical (unpaired) electrons. The quantitative estimate of drug-likeness (QED) is 0.767. The highest BCUT2D eigenvalue weighted by Crippen LogP contribution is 2.20. The second-order valence-corrected chi connectivity index (χ2v) is 5.63. The largest absolute Gasteiger partial charge is 0.389 e. The smallest absolute Gasteiger partial charge is 0.0900 e. The Morgan fingerprint density at radius 2 is 1.72 bits per heavy atom. The molecule has 0 amide bonds. The summed E-state index contributed by atoms with van der Waals surface area (Å²) in [5.74, 6) is 0. The van der Waals surface area contributed by atoms with E-state index in [0.29, 0.717) is 12.7 Å². The van der Waals surface area contributed by atoms with Gasteiger partial charge in [0.2, 0.25) is 0 Å². The molecule has 0 aromatic heterocycles. The van der Waals surface area contributed by atoms with E-state index in [0.717, 1.165) is 39.3 Å². The number of aliphatic hydroxyl groups excluding tert-OH is 1. The van der Waals surface area contributed by atoms with Crippen LogP contribution in [-0.4, -0.2) is 73.0 Å². The SMILES string of the molecule is CCN1CCN(C[C@H](O)COC2CCCC2)CC1. The number of rotatable bonds is 6. The zero-order chi connectivity index (χ0) is 12.8. The molecule has 1 heterocycles. The van der Waals surface area contributed by atoms with Gasteiger partial charge in [0.25, 0.3) is 0 Å². The Kier molecular flexibility index (Phi) is 5.89. The van der Waals surface area contributed by atoms with E-state index < -0.39 is 0 Å². The molecule has 18 heavy (non-hydrogen) atoms. The first-order chi connectivity index (χ1) is 8.78. The van der Waals surface area contributed by atoms with E-state index in [4.69, 9.17) is 4.74 Å². The normalized spacial score (nSPS) is 25.7. The molecule has 2 aliphatic rings. The Bertz CT molecular complexity index is 224. The van der Waals surface area contributed by atoms with Crippen LogP contribution in [0.4, 0.5) is 0 Å². The average molecular weight is 256 g/mol. The van der Waals surface area contributed by atoms with Crippen LogP contribution in [0.2, 0.25) is 0 Å². The highest BCUT2D eigenvalue weighted by atomic mass is 16.5. The van der Waals surface area contributed by atoms with Gasteiger partial charge in [-0.15, -0.1) is 0 Å². The molecular weight excluding hydrogens is 228 g/mol. The van der Waals surface area contributed by atoms with E-state index in [1.165, 1.54) is 25.7 Å². The van der Waals surface area contributed by atoms with Crippen LogP contribution in [0.25, 0.3) is 0 Å². The van der Waals surface area contributed by atoms with E-state index >= 15 is 0 Å². The number of hydrogen-bond donors (Lipinski definition) is 1. The fraction of sp³-hybridized carbons (Fsp3) is 1.00. The lowest BCUT2D eigenvalue weighted by atomic mass is 10.2. The summed E-state index contributed by atoms with van der Waals surface area (Å²) >= 11 is 0. The standard InChI is InChI=1S/C14H28N2O2/c1-2-15-7-9-16(10-8-15)11-13(17)12-18-14-5-3-4-6-14/h13-14,17H,2-12H2,1H3/t13-/m0/s1. The first kappa shape index (κ1) is 14.3. The van der Waals surface area contributed by atoms with Gasteiger partial charge in [-0.2, -0.15) is 0 Å². The van der Waals surface area contributed by atoms with Gasteiger partial charge in [0.05, 0.1) is 18.8 Å². The molecule has 4 heteroatoms. The molecular formula is C14H28N2O2. The maximum atomic E-state index is 10.0. The minimum atomic E-state index is -0.321. The highest BCUT2D eigenvalue weighted by molar-refractivity contribution is 4.74. The van der Waals surface area contributed by atoms with Crippen molar-refractivity contribution in [1.82, 2.24) is 9.80 Å². The zero-order valence-electron chi connectivity index (χ0n) is 11.7. The lowest BCUT2D eigenvalue weighted by molar-refractivity contribution is -0.0231. The van der Waals surface area contributed by atoms with E-state index in [9.17, 15) is 5.11 Å². The molecule has 0 bridgehead atoms. The van der Waals surface area contributed by atoms with Crippen LogP contribution in [0.5, 0.6) is 0 Å². The van der Waals surface area contributed by atoms with Gasteiger partial charge in [0.15, 0.2) is 0 Å². The number of hydrogen-bond acceptors (Lipinski definition) is 4. The van der Waals surface area contributed by atoms with Crippen LogP contribution in [0.1, 0.15) is 32.6 Å². The summed E-state index contributed by atoms with van der Waals surface area (Å²) in [5, 5.41) is 10.0. The van der Waals surface area contributed by atoms with Crippen molar-refractivity contribution in [1.29, 1.82) is 0 Å². The molecule has 2 rings (SSSR count). The number of ether oxygens (including phenoxy) is 1. The van der Waals surface area contributed by atoms with Crippen LogP contribution >= 0.6 is 0 Å². The summed E-state index contributed by atoms with van der Waals surface area (Å²) in [4.78, 5) is 4.81. The third-order valence-corrected chi connectivity index (χ3v) is 4.21. The van der Waals surface area contributed by atoms with Crippen molar-refractivity contribution in [3.8, 4) is 0 Å². The van der Waals surface area contributed by atoms with Gasteiger partial charge in [-0.1, -0.05) is 19.8 Å². The minimum Gasteiger partial charge on any atom is -0.389 e. The van der Waals surface area contributed by atoms with Gasteiger partial charge in [-0.05, 0) is 19.4 Å². The van der Waals surface area contributed by atoms with Crippen molar-refractivity contribution < 1.29 is 9.84 Å². The van der Waals surface area contributed by atoms with Crippen LogP contribution in [0.3, 0.4) is 0 Å². The van der Waals surface area contributed by atoms with Gasteiger partial charge >= 0.3 is 0 Å². The molecule has 106 valence electrons. The monoisotopic (exact) mass is 256 g/mol. The lowest BCUT2D eigenvalue weighted by Crippen LogP contribution is -2.48. The summed E-state index contributed by atoms with van der Waals surface area (Å²) in [5.41, 5.74) is 0. The summed E-state index contributed by atoms with van der Waals surface area (Å²) in [6, 6.07) is 0. The Balaban J connectivity index is 1.57. The van der Waals surface area contributed by atoms with Crippen molar-refractivity contribution in [2.75, 3.05) is 45.9 Å².